The van der Waals surface area contributed by atoms with Crippen LogP contribution in [0.2, 0.25) is 0 Å². The van der Waals surface area contributed by atoms with Crippen molar-refractivity contribution in [3.05, 3.63) is 30.3 Å². The Kier molecular flexibility index (Phi) is 6.75. The molecule has 0 spiro atoms. The van der Waals surface area contributed by atoms with Crippen LogP contribution in [0.5, 0.6) is 0 Å². The van der Waals surface area contributed by atoms with Crippen molar-refractivity contribution in [2.75, 3.05) is 39.0 Å². The summed E-state index contributed by atoms with van der Waals surface area (Å²) in [5, 5.41) is 3.26. The van der Waals surface area contributed by atoms with E-state index in [1.165, 1.54) is 56.1 Å². The van der Waals surface area contributed by atoms with E-state index < -0.39 is 0 Å². The van der Waals surface area contributed by atoms with Gasteiger partial charge in [0.1, 0.15) is 0 Å². The zero-order chi connectivity index (χ0) is 13.3. The Morgan fingerprint density at radius 2 is 1.95 bits per heavy atom. The number of nitrogens with one attached hydrogen (secondary N) is 1. The van der Waals surface area contributed by atoms with E-state index in [-0.39, 0.29) is 0 Å². The number of hydrogen-bond donors (Lipinski definition) is 1. The number of hydrogen-bond acceptors (Lipinski definition) is 3. The molecule has 3 heteroatoms. The van der Waals surface area contributed by atoms with Crippen LogP contribution in [0.25, 0.3) is 0 Å². The van der Waals surface area contributed by atoms with Gasteiger partial charge in [-0.05, 0) is 64.0 Å². The van der Waals surface area contributed by atoms with Gasteiger partial charge in [-0.25, -0.2) is 0 Å². The van der Waals surface area contributed by atoms with Crippen LogP contribution in [-0.2, 0) is 0 Å². The van der Waals surface area contributed by atoms with Crippen LogP contribution in [0.15, 0.2) is 35.2 Å². The summed E-state index contributed by atoms with van der Waals surface area (Å²) in [7, 11) is 2.05. The Bertz CT molecular complexity index is 334. The summed E-state index contributed by atoms with van der Waals surface area (Å²) in [5.74, 6) is 2.16. The largest absolute Gasteiger partial charge is 0.320 e. The van der Waals surface area contributed by atoms with Crippen molar-refractivity contribution in [2.45, 2.75) is 24.2 Å². The second kappa shape index (κ2) is 8.62. The van der Waals surface area contributed by atoms with Gasteiger partial charge in [0.15, 0.2) is 0 Å². The maximum absolute atomic E-state index is 3.26. The third kappa shape index (κ3) is 5.55. The molecule has 1 aliphatic heterocycles. The Labute approximate surface area is 122 Å². The molecule has 106 valence electrons. The van der Waals surface area contributed by atoms with Crippen LogP contribution in [0.1, 0.15) is 19.3 Å². The summed E-state index contributed by atoms with van der Waals surface area (Å²) < 4.78 is 0. The summed E-state index contributed by atoms with van der Waals surface area (Å²) in [6.07, 6.45) is 4.12. The van der Waals surface area contributed by atoms with E-state index in [9.17, 15) is 0 Å². The first-order chi connectivity index (χ1) is 9.38. The fraction of sp³-hybridized carbons (Fsp3) is 0.625. The van der Waals surface area contributed by atoms with Gasteiger partial charge in [0.2, 0.25) is 0 Å². The van der Waals surface area contributed by atoms with E-state index in [4.69, 9.17) is 0 Å². The summed E-state index contributed by atoms with van der Waals surface area (Å²) >= 11 is 1.98. The number of benzene rings is 1. The average Bonchev–Trinajstić information content (AvgIpc) is 2.47. The van der Waals surface area contributed by atoms with Crippen molar-refractivity contribution in [1.29, 1.82) is 0 Å². The summed E-state index contributed by atoms with van der Waals surface area (Å²) in [6, 6.07) is 10.7. The topological polar surface area (TPSA) is 15.3 Å². The molecule has 19 heavy (non-hydrogen) atoms. The van der Waals surface area contributed by atoms with E-state index in [2.05, 4.69) is 47.6 Å². The standard InChI is InChI=1S/C16H26N2S/c1-17-10-7-15-8-11-18(12-9-15)13-14-19-16-5-3-2-4-6-16/h2-6,15,17H,7-14H2,1H3. The molecule has 0 radical (unpaired) electrons. The van der Waals surface area contributed by atoms with Crippen LogP contribution >= 0.6 is 11.8 Å². The molecule has 1 N–H and O–H groups in total. The molecule has 0 unspecified atom stereocenters. The third-order valence-corrected chi connectivity index (χ3v) is 4.92. The number of likely N-dealkylation sites (tertiary alicyclic amines) is 1. The molecule has 0 saturated carbocycles. The van der Waals surface area contributed by atoms with Crippen molar-refractivity contribution in [1.82, 2.24) is 10.2 Å². The highest BCUT2D eigenvalue weighted by Crippen LogP contribution is 2.21. The molecule has 2 nitrogen and oxygen atoms in total. The lowest BCUT2D eigenvalue weighted by Crippen LogP contribution is -2.35. The van der Waals surface area contributed by atoms with Crippen LogP contribution in [0.3, 0.4) is 0 Å². The molecule has 1 aliphatic rings. The highest BCUT2D eigenvalue weighted by Gasteiger charge is 2.18. The molecule has 1 fully saturated rings. The molecule has 0 aromatic heterocycles. The van der Waals surface area contributed by atoms with Crippen LogP contribution < -0.4 is 5.32 Å². The highest BCUT2D eigenvalue weighted by molar-refractivity contribution is 7.99. The Hall–Kier alpha value is -0.510. The average molecular weight is 278 g/mol. The first-order valence-corrected chi connectivity index (χ1v) is 8.42. The number of rotatable bonds is 7. The minimum absolute atomic E-state index is 0.950. The van der Waals surface area contributed by atoms with E-state index in [0.29, 0.717) is 0 Å². The van der Waals surface area contributed by atoms with Crippen molar-refractivity contribution in [2.24, 2.45) is 5.92 Å². The zero-order valence-corrected chi connectivity index (χ0v) is 12.8. The van der Waals surface area contributed by atoms with Gasteiger partial charge in [-0.3, -0.25) is 0 Å². The Balaban J connectivity index is 1.58. The quantitative estimate of drug-likeness (QED) is 0.772. The predicted octanol–water partition coefficient (Wildman–Crippen LogP) is 3.10. The lowest BCUT2D eigenvalue weighted by Gasteiger charge is -2.31. The van der Waals surface area contributed by atoms with Gasteiger partial charge >= 0.3 is 0 Å². The van der Waals surface area contributed by atoms with Crippen LogP contribution in [0, 0.1) is 5.92 Å². The monoisotopic (exact) mass is 278 g/mol. The van der Waals surface area contributed by atoms with Crippen molar-refractivity contribution in [3.63, 3.8) is 0 Å². The van der Waals surface area contributed by atoms with E-state index in [1.54, 1.807) is 0 Å². The van der Waals surface area contributed by atoms with E-state index in [1.807, 2.05) is 11.8 Å². The third-order valence-electron chi connectivity index (χ3n) is 3.93. The Morgan fingerprint density at radius 3 is 2.63 bits per heavy atom. The van der Waals surface area contributed by atoms with Crippen LogP contribution in [-0.4, -0.2) is 43.9 Å². The molecular formula is C16H26N2S. The number of piperidine rings is 1. The molecule has 0 bridgehead atoms. The molecule has 2 rings (SSSR count). The maximum atomic E-state index is 3.26. The number of thioether (sulfide) groups is 1. The summed E-state index contributed by atoms with van der Waals surface area (Å²) in [6.45, 7) is 5.00. The fourth-order valence-electron chi connectivity index (χ4n) is 2.66. The molecular weight excluding hydrogens is 252 g/mol. The molecule has 1 saturated heterocycles. The van der Waals surface area contributed by atoms with Crippen molar-refractivity contribution >= 4 is 11.8 Å². The van der Waals surface area contributed by atoms with Gasteiger partial charge < -0.3 is 10.2 Å². The molecule has 0 atom stereocenters. The second-order valence-corrected chi connectivity index (χ2v) is 6.51. The molecule has 1 aromatic rings. The minimum Gasteiger partial charge on any atom is -0.320 e. The first kappa shape index (κ1) is 14.9. The van der Waals surface area contributed by atoms with Gasteiger partial charge in [-0.2, -0.15) is 0 Å². The second-order valence-electron chi connectivity index (χ2n) is 5.34. The van der Waals surface area contributed by atoms with E-state index in [0.717, 1.165) is 5.92 Å². The zero-order valence-electron chi connectivity index (χ0n) is 12.0. The smallest absolute Gasteiger partial charge is 0.0108 e. The van der Waals surface area contributed by atoms with Crippen molar-refractivity contribution in [3.8, 4) is 0 Å². The first-order valence-electron chi connectivity index (χ1n) is 7.43. The summed E-state index contributed by atoms with van der Waals surface area (Å²) in [5.41, 5.74) is 0. The lowest BCUT2D eigenvalue weighted by atomic mass is 9.94. The van der Waals surface area contributed by atoms with Crippen LogP contribution in [0.4, 0.5) is 0 Å². The SMILES string of the molecule is CNCCC1CCN(CCSc2ccccc2)CC1. The lowest BCUT2D eigenvalue weighted by molar-refractivity contribution is 0.188. The van der Waals surface area contributed by atoms with Gasteiger partial charge in [-0.15, -0.1) is 11.8 Å². The van der Waals surface area contributed by atoms with Gasteiger partial charge in [0.05, 0.1) is 0 Å². The number of nitrogens with zero attached hydrogens (tertiary/aromatic N) is 1. The molecule has 0 aliphatic carbocycles. The molecule has 1 heterocycles. The van der Waals surface area contributed by atoms with Gasteiger partial charge in [-0.1, -0.05) is 18.2 Å². The Morgan fingerprint density at radius 1 is 1.21 bits per heavy atom. The molecule has 0 amide bonds. The highest BCUT2D eigenvalue weighted by atomic mass is 32.2. The van der Waals surface area contributed by atoms with Gasteiger partial charge in [0.25, 0.3) is 0 Å². The summed E-state index contributed by atoms with van der Waals surface area (Å²) in [4.78, 5) is 4.03. The van der Waals surface area contributed by atoms with Gasteiger partial charge in [0, 0.05) is 17.2 Å². The van der Waals surface area contributed by atoms with Crippen molar-refractivity contribution < 1.29 is 0 Å². The fourth-order valence-corrected chi connectivity index (χ4v) is 3.59. The minimum atomic E-state index is 0.950. The maximum Gasteiger partial charge on any atom is 0.0108 e. The molecule has 1 aromatic carbocycles. The normalized spacial score (nSPS) is 17.7. The predicted molar refractivity (Wildman–Crippen MR) is 84.9 cm³/mol. The van der Waals surface area contributed by atoms with E-state index >= 15 is 0 Å².